The fraction of sp³-hybridized carbons (Fsp3) is 0.413. The molecular weight excluding hydrogens is 756 g/mol. The van der Waals surface area contributed by atoms with Crippen LogP contribution >= 0.6 is 11.6 Å². The Hall–Kier alpha value is -4.48. The van der Waals surface area contributed by atoms with Gasteiger partial charge < -0.3 is 23.9 Å². The molecule has 0 unspecified atom stereocenters. The lowest BCUT2D eigenvalue weighted by molar-refractivity contribution is -0.499. The quantitative estimate of drug-likeness (QED) is 0.0513. The number of anilines is 1. The number of halogens is 1. The smallest absolute Gasteiger partial charge is 0.349 e. The van der Waals surface area contributed by atoms with Crippen LogP contribution in [0.4, 0.5) is 5.69 Å². The molecule has 11 heteroatoms. The third kappa shape index (κ3) is 7.53. The summed E-state index contributed by atoms with van der Waals surface area (Å²) in [4.78, 5) is 26.4. The number of ether oxygens (including phenoxy) is 2. The van der Waals surface area contributed by atoms with Crippen molar-refractivity contribution >= 4 is 41.9 Å². The van der Waals surface area contributed by atoms with Gasteiger partial charge in [0, 0.05) is 34.0 Å². The largest absolute Gasteiger partial charge is 0.490 e. The second-order valence-electron chi connectivity index (χ2n) is 17.1. The van der Waals surface area contributed by atoms with Crippen LogP contribution in [0.5, 0.6) is 5.75 Å². The van der Waals surface area contributed by atoms with Gasteiger partial charge in [0.2, 0.25) is 6.54 Å². The SMILES string of the molecule is C=C[C@H](O[Si](c1ccccc1)(c1ccccc1)C(C)(C)C)[C@@H]1CC[C@H]1CN1C[C@@]2(CCCc3cc(Cl)ccc32)COc2ccc([C@](O)(C[N+](=O)[O-])C(=O)OC)cc21. The van der Waals surface area contributed by atoms with Gasteiger partial charge >= 0.3 is 5.97 Å². The Kier molecular flexibility index (Phi) is 11.5. The van der Waals surface area contributed by atoms with E-state index in [4.69, 9.17) is 25.5 Å². The van der Waals surface area contributed by atoms with Crippen LogP contribution < -0.4 is 20.0 Å². The van der Waals surface area contributed by atoms with E-state index in [1.54, 1.807) is 12.1 Å². The zero-order chi connectivity index (χ0) is 40.6. The minimum atomic E-state index is -2.90. The molecule has 1 N–H and O–H groups in total. The molecule has 3 aliphatic rings. The van der Waals surface area contributed by atoms with Crippen LogP contribution in [0.25, 0.3) is 0 Å². The number of aryl methyl sites for hydroxylation is 1. The molecule has 4 aromatic carbocycles. The second-order valence-corrected chi connectivity index (χ2v) is 21.8. The molecule has 7 rings (SSSR count). The van der Waals surface area contributed by atoms with Gasteiger partial charge in [-0.1, -0.05) is 111 Å². The molecule has 0 radical (unpaired) electrons. The number of esters is 1. The van der Waals surface area contributed by atoms with Crippen molar-refractivity contribution in [3.8, 4) is 5.75 Å². The van der Waals surface area contributed by atoms with E-state index in [2.05, 4.69) is 92.9 Å². The number of nitro groups is 1. The van der Waals surface area contributed by atoms with Gasteiger partial charge in [-0.3, -0.25) is 10.1 Å². The first-order chi connectivity index (χ1) is 27.2. The van der Waals surface area contributed by atoms with Gasteiger partial charge in [0.15, 0.2) is 0 Å². The van der Waals surface area contributed by atoms with E-state index in [0.29, 0.717) is 36.2 Å². The maximum absolute atomic E-state index is 13.0. The molecule has 4 aromatic rings. The lowest BCUT2D eigenvalue weighted by Gasteiger charge is -2.50. The summed E-state index contributed by atoms with van der Waals surface area (Å²) in [6.07, 6.45) is 6.48. The summed E-state index contributed by atoms with van der Waals surface area (Å²) in [5, 5.41) is 26.3. The Labute approximate surface area is 341 Å². The average Bonchev–Trinajstić information content (AvgIpc) is 3.34. The topological polar surface area (TPSA) is 111 Å². The average molecular weight is 809 g/mol. The summed E-state index contributed by atoms with van der Waals surface area (Å²) in [6.45, 7) is 11.8. The van der Waals surface area contributed by atoms with Gasteiger partial charge in [-0.15, -0.1) is 6.58 Å². The van der Waals surface area contributed by atoms with Crippen LogP contribution in [0.3, 0.4) is 0 Å². The normalized spacial score (nSPS) is 22.1. The van der Waals surface area contributed by atoms with Crippen molar-refractivity contribution in [1.82, 2.24) is 0 Å². The lowest BCUT2D eigenvalue weighted by Crippen LogP contribution is -2.68. The van der Waals surface area contributed by atoms with Gasteiger partial charge in [0.05, 0.1) is 25.5 Å². The fourth-order valence-electron chi connectivity index (χ4n) is 9.74. The maximum Gasteiger partial charge on any atom is 0.349 e. The number of fused-ring (bicyclic) bond motifs is 3. The summed E-state index contributed by atoms with van der Waals surface area (Å²) >= 11 is 6.51. The molecule has 2 aliphatic carbocycles. The van der Waals surface area contributed by atoms with Crippen LogP contribution in [0.1, 0.15) is 63.1 Å². The molecule has 300 valence electrons. The van der Waals surface area contributed by atoms with Crippen molar-refractivity contribution in [2.45, 2.75) is 75.0 Å². The molecule has 57 heavy (non-hydrogen) atoms. The third-order valence-electron chi connectivity index (χ3n) is 12.7. The van der Waals surface area contributed by atoms with E-state index < -0.39 is 31.4 Å². The maximum atomic E-state index is 13.0. The summed E-state index contributed by atoms with van der Waals surface area (Å²) < 4.78 is 19.3. The molecule has 9 nitrogen and oxygen atoms in total. The van der Waals surface area contributed by atoms with Crippen molar-refractivity contribution in [2.75, 3.05) is 38.3 Å². The van der Waals surface area contributed by atoms with Gasteiger partial charge in [0.1, 0.15) is 5.75 Å². The highest BCUT2D eigenvalue weighted by molar-refractivity contribution is 6.99. The molecule has 1 fully saturated rings. The zero-order valence-corrected chi connectivity index (χ0v) is 35.0. The number of hydrogen-bond acceptors (Lipinski definition) is 8. The van der Waals surface area contributed by atoms with Crippen molar-refractivity contribution < 1.29 is 28.7 Å². The third-order valence-corrected chi connectivity index (χ3v) is 18.0. The van der Waals surface area contributed by atoms with E-state index in [9.17, 15) is 20.0 Å². The Morgan fingerprint density at radius 1 is 1.07 bits per heavy atom. The van der Waals surface area contributed by atoms with E-state index >= 15 is 0 Å². The predicted molar refractivity (Wildman–Crippen MR) is 227 cm³/mol. The van der Waals surface area contributed by atoms with E-state index in [0.717, 1.165) is 39.2 Å². The summed E-state index contributed by atoms with van der Waals surface area (Å²) in [5.74, 6) is -0.146. The highest BCUT2D eigenvalue weighted by Crippen LogP contribution is 2.49. The molecule has 1 heterocycles. The fourth-order valence-corrected chi connectivity index (χ4v) is 14.6. The van der Waals surface area contributed by atoms with Crippen LogP contribution in [0, 0.1) is 22.0 Å². The Morgan fingerprint density at radius 3 is 2.33 bits per heavy atom. The molecule has 0 bridgehead atoms. The molecular formula is C46H53ClN2O7Si. The summed E-state index contributed by atoms with van der Waals surface area (Å²) in [6, 6.07) is 32.4. The summed E-state index contributed by atoms with van der Waals surface area (Å²) in [7, 11) is -1.79. The number of carbonyl (C=O) groups excluding carboxylic acids is 1. The predicted octanol–water partition coefficient (Wildman–Crippen LogP) is 7.61. The summed E-state index contributed by atoms with van der Waals surface area (Å²) in [5.41, 5.74) is 0.299. The Morgan fingerprint density at radius 2 is 1.75 bits per heavy atom. The first-order valence-corrected chi connectivity index (χ1v) is 22.2. The molecule has 1 aliphatic heterocycles. The van der Waals surface area contributed by atoms with Crippen molar-refractivity contribution in [1.29, 1.82) is 0 Å². The second kappa shape index (κ2) is 16.0. The van der Waals surface area contributed by atoms with Crippen LogP contribution in [-0.2, 0) is 31.4 Å². The van der Waals surface area contributed by atoms with Crippen molar-refractivity contribution in [3.05, 3.63) is 142 Å². The zero-order valence-electron chi connectivity index (χ0n) is 33.3. The van der Waals surface area contributed by atoms with E-state index in [1.165, 1.54) is 27.6 Å². The lowest BCUT2D eigenvalue weighted by atomic mass is 9.68. The number of benzene rings is 4. The van der Waals surface area contributed by atoms with E-state index in [1.807, 2.05) is 24.3 Å². The first kappa shape index (κ1) is 40.7. The molecule has 1 spiro atoms. The Balaban J connectivity index is 1.29. The van der Waals surface area contributed by atoms with Crippen molar-refractivity contribution in [2.24, 2.45) is 11.8 Å². The number of rotatable bonds is 12. The molecule has 0 aromatic heterocycles. The number of nitrogens with zero attached hydrogens (tertiary/aromatic N) is 2. The minimum absolute atomic E-state index is 0.0781. The van der Waals surface area contributed by atoms with Gasteiger partial charge in [-0.05, 0) is 94.7 Å². The van der Waals surface area contributed by atoms with Crippen LogP contribution in [-0.4, -0.2) is 63.8 Å². The highest BCUT2D eigenvalue weighted by Gasteiger charge is 2.54. The van der Waals surface area contributed by atoms with E-state index in [-0.39, 0.29) is 34.0 Å². The van der Waals surface area contributed by atoms with Crippen LogP contribution in [0.2, 0.25) is 10.1 Å². The highest BCUT2D eigenvalue weighted by atomic mass is 35.5. The molecule has 0 saturated heterocycles. The van der Waals surface area contributed by atoms with Crippen molar-refractivity contribution in [3.63, 3.8) is 0 Å². The number of hydrogen-bond donors (Lipinski definition) is 1. The van der Waals surface area contributed by atoms with Gasteiger partial charge in [0.25, 0.3) is 13.9 Å². The number of aliphatic hydroxyl groups is 1. The van der Waals surface area contributed by atoms with Crippen LogP contribution in [0.15, 0.2) is 110 Å². The standard InChI is InChI=1S/C46H53ClN2O7Si/c1-6-41(56-57(44(2,3)4,36-15-9-7-10-16-36)37-17-11-8-12-18-37)38-22-19-33(38)28-48-29-45(25-13-14-32-26-35(47)21-23-39(32)45)31-55-42-24-20-34(27-40(42)48)46(51,30-49(52)53)43(50)54-5/h6-12,15-18,20-21,23-24,26-27,33,38,41,51H,1,13-14,19,22,25,28-31H2,2-5H3/t33-,38+,41-,45-,46+/m0/s1. The first-order valence-electron chi connectivity index (χ1n) is 19.9. The minimum Gasteiger partial charge on any atom is -0.490 e. The van der Waals surface area contributed by atoms with Gasteiger partial charge in [-0.2, -0.15) is 0 Å². The number of methoxy groups -OCH3 is 1. The molecule has 0 amide bonds. The number of carbonyl (C=O) groups is 1. The molecule has 1 saturated carbocycles. The Bertz CT molecular complexity index is 2070. The van der Waals surface area contributed by atoms with Gasteiger partial charge in [-0.25, -0.2) is 4.79 Å². The monoisotopic (exact) mass is 808 g/mol. The molecule has 5 atom stereocenters.